The van der Waals surface area contributed by atoms with Crippen LogP contribution in [-0.4, -0.2) is 19.0 Å². The minimum Gasteiger partial charge on any atom is -0.508 e. The molecule has 0 saturated heterocycles. The molecule has 2 aromatic carbocycles. The minimum atomic E-state index is -2.37. The summed E-state index contributed by atoms with van der Waals surface area (Å²) in [5.41, 5.74) is 0.674. The monoisotopic (exact) mass is 294 g/mol. The number of hydrogen-bond acceptors (Lipinski definition) is 6. The number of aromatic hydroxyl groups is 2. The summed E-state index contributed by atoms with van der Waals surface area (Å²) in [6.07, 6.45) is 0. The van der Waals surface area contributed by atoms with Gasteiger partial charge in [0.1, 0.15) is 22.9 Å². The summed E-state index contributed by atoms with van der Waals surface area (Å²) in [6, 6.07) is 9.93. The Bertz CT molecular complexity index is 657. The maximum atomic E-state index is 10.4. The normalized spacial score (nSPS) is 12.4. The van der Waals surface area contributed by atoms with Crippen molar-refractivity contribution in [3.63, 3.8) is 0 Å². The highest BCUT2D eigenvalue weighted by Gasteiger charge is 2.01. The van der Waals surface area contributed by atoms with Crippen molar-refractivity contribution in [3.05, 3.63) is 42.5 Å². The average Bonchev–Trinajstić information content (AvgIpc) is 2.39. The van der Waals surface area contributed by atoms with Crippen molar-refractivity contribution >= 4 is 22.7 Å². The third kappa shape index (κ3) is 3.77. The van der Waals surface area contributed by atoms with Gasteiger partial charge in [-0.1, -0.05) is 0 Å². The maximum absolute atomic E-state index is 10.4. The van der Waals surface area contributed by atoms with Crippen LogP contribution >= 0.6 is 0 Å². The van der Waals surface area contributed by atoms with Crippen molar-refractivity contribution in [2.24, 2.45) is 10.2 Å². The lowest BCUT2D eigenvalue weighted by Gasteiger charge is -2.00. The molecule has 0 saturated carbocycles. The van der Waals surface area contributed by atoms with Gasteiger partial charge in [0, 0.05) is 6.07 Å². The molecule has 2 aromatic rings. The van der Waals surface area contributed by atoms with Gasteiger partial charge < -0.3 is 14.4 Å². The SMILES string of the molecule is O=S(O)Oc1ccc(N=Nc2ccc(O)cc2O)cc1. The van der Waals surface area contributed by atoms with Crippen LogP contribution in [0.1, 0.15) is 0 Å². The molecule has 0 fully saturated rings. The van der Waals surface area contributed by atoms with Gasteiger partial charge in [0.15, 0.2) is 0 Å². The Labute approximate surface area is 116 Å². The lowest BCUT2D eigenvalue weighted by atomic mass is 10.3. The van der Waals surface area contributed by atoms with Gasteiger partial charge in [-0.05, 0) is 36.4 Å². The van der Waals surface area contributed by atoms with E-state index in [1.165, 1.54) is 36.4 Å². The Morgan fingerprint density at radius 1 is 1.00 bits per heavy atom. The molecule has 0 aromatic heterocycles. The summed E-state index contributed by atoms with van der Waals surface area (Å²) in [5, 5.41) is 26.3. The van der Waals surface area contributed by atoms with E-state index in [-0.39, 0.29) is 22.9 Å². The van der Waals surface area contributed by atoms with Crippen LogP contribution in [-0.2, 0) is 11.4 Å². The van der Waals surface area contributed by atoms with Crippen LogP contribution in [0.15, 0.2) is 52.7 Å². The van der Waals surface area contributed by atoms with Crippen LogP contribution < -0.4 is 4.18 Å². The second-order valence-electron chi connectivity index (χ2n) is 3.67. The van der Waals surface area contributed by atoms with E-state index < -0.39 is 11.4 Å². The molecule has 20 heavy (non-hydrogen) atoms. The summed E-state index contributed by atoms with van der Waals surface area (Å²) >= 11 is -2.37. The van der Waals surface area contributed by atoms with Crippen LogP contribution in [0.2, 0.25) is 0 Å². The minimum absolute atomic E-state index is 0.0695. The molecule has 0 aliphatic heterocycles. The van der Waals surface area contributed by atoms with E-state index in [9.17, 15) is 9.32 Å². The standard InChI is InChI=1S/C12H10N2O5S/c15-9-3-6-11(12(16)7-9)14-13-8-1-4-10(5-2-8)19-20(17)18/h1-7,15-16H,(H,17,18). The van der Waals surface area contributed by atoms with Crippen molar-refractivity contribution in [3.8, 4) is 17.2 Å². The fourth-order valence-electron chi connectivity index (χ4n) is 1.36. The Morgan fingerprint density at radius 3 is 2.30 bits per heavy atom. The lowest BCUT2D eigenvalue weighted by Crippen LogP contribution is -1.96. The summed E-state index contributed by atoms with van der Waals surface area (Å²) in [7, 11) is 0. The van der Waals surface area contributed by atoms with E-state index in [2.05, 4.69) is 14.4 Å². The molecule has 0 bridgehead atoms. The van der Waals surface area contributed by atoms with Gasteiger partial charge in [0.05, 0.1) is 5.69 Å². The predicted octanol–water partition coefficient (Wildman–Crippen LogP) is 3.03. The van der Waals surface area contributed by atoms with Crippen LogP contribution in [0.5, 0.6) is 17.2 Å². The number of hydrogen-bond donors (Lipinski definition) is 3. The van der Waals surface area contributed by atoms with Gasteiger partial charge in [0.2, 0.25) is 0 Å². The van der Waals surface area contributed by atoms with E-state index in [1.54, 1.807) is 0 Å². The van der Waals surface area contributed by atoms with Gasteiger partial charge in [-0.25, -0.2) is 0 Å². The first-order valence-electron chi connectivity index (χ1n) is 5.37. The lowest BCUT2D eigenvalue weighted by molar-refractivity contribution is 0.451. The zero-order valence-electron chi connectivity index (χ0n) is 10.0. The molecule has 3 N–H and O–H groups in total. The van der Waals surface area contributed by atoms with Crippen LogP contribution in [0.3, 0.4) is 0 Å². The molecular formula is C12H10N2O5S. The highest BCUT2D eigenvalue weighted by Crippen LogP contribution is 2.31. The molecule has 1 atom stereocenters. The summed E-state index contributed by atoms with van der Waals surface area (Å²) in [5.74, 6) is -0.0402. The first-order valence-corrected chi connectivity index (χ1v) is 6.41. The van der Waals surface area contributed by atoms with Gasteiger partial charge in [0.25, 0.3) is 0 Å². The summed E-state index contributed by atoms with van der Waals surface area (Å²) < 4.78 is 23.5. The second kappa shape index (κ2) is 6.13. The molecular weight excluding hydrogens is 284 g/mol. The molecule has 104 valence electrons. The summed E-state index contributed by atoms with van der Waals surface area (Å²) in [6.45, 7) is 0. The topological polar surface area (TPSA) is 112 Å². The molecule has 0 heterocycles. The zero-order valence-corrected chi connectivity index (χ0v) is 10.8. The molecule has 1 unspecified atom stereocenters. The van der Waals surface area contributed by atoms with E-state index in [0.29, 0.717) is 5.69 Å². The molecule has 2 rings (SSSR count). The molecule has 0 radical (unpaired) electrons. The second-order valence-corrected chi connectivity index (χ2v) is 4.27. The van der Waals surface area contributed by atoms with Gasteiger partial charge in [-0.3, -0.25) is 4.55 Å². The van der Waals surface area contributed by atoms with Crippen molar-refractivity contribution in [2.75, 3.05) is 0 Å². The van der Waals surface area contributed by atoms with Crippen molar-refractivity contribution in [2.45, 2.75) is 0 Å². The van der Waals surface area contributed by atoms with Crippen molar-refractivity contribution in [1.29, 1.82) is 0 Å². The fraction of sp³-hybridized carbons (Fsp3) is 0. The van der Waals surface area contributed by atoms with E-state index >= 15 is 0 Å². The smallest absolute Gasteiger partial charge is 0.357 e. The highest BCUT2D eigenvalue weighted by atomic mass is 32.2. The Balaban J connectivity index is 2.13. The molecule has 0 aliphatic carbocycles. The van der Waals surface area contributed by atoms with E-state index in [4.69, 9.17) is 9.66 Å². The van der Waals surface area contributed by atoms with Gasteiger partial charge >= 0.3 is 11.4 Å². The maximum Gasteiger partial charge on any atom is 0.357 e. The third-order valence-corrected chi connectivity index (χ3v) is 2.57. The molecule has 0 aliphatic rings. The number of rotatable bonds is 4. The predicted molar refractivity (Wildman–Crippen MR) is 71.8 cm³/mol. The zero-order chi connectivity index (χ0) is 14.5. The Morgan fingerprint density at radius 2 is 1.70 bits per heavy atom. The van der Waals surface area contributed by atoms with E-state index in [1.807, 2.05) is 0 Å². The Hall–Kier alpha value is -2.45. The quantitative estimate of drug-likeness (QED) is 0.592. The fourth-order valence-corrected chi connectivity index (χ4v) is 1.63. The van der Waals surface area contributed by atoms with E-state index in [0.717, 1.165) is 6.07 Å². The molecule has 0 spiro atoms. The summed E-state index contributed by atoms with van der Waals surface area (Å²) in [4.78, 5) is 0. The van der Waals surface area contributed by atoms with Crippen molar-refractivity contribution in [1.82, 2.24) is 0 Å². The molecule has 7 nitrogen and oxygen atoms in total. The number of nitrogens with zero attached hydrogens (tertiary/aromatic N) is 2. The Kier molecular flexibility index (Phi) is 4.28. The molecule has 0 amide bonds. The van der Waals surface area contributed by atoms with Gasteiger partial charge in [-0.15, -0.1) is 5.11 Å². The highest BCUT2D eigenvalue weighted by molar-refractivity contribution is 7.74. The van der Waals surface area contributed by atoms with Crippen LogP contribution in [0.4, 0.5) is 11.4 Å². The number of benzene rings is 2. The van der Waals surface area contributed by atoms with Crippen molar-refractivity contribution < 1.29 is 23.2 Å². The third-order valence-electron chi connectivity index (χ3n) is 2.24. The van der Waals surface area contributed by atoms with Crippen LogP contribution in [0, 0.1) is 0 Å². The number of phenols is 2. The largest absolute Gasteiger partial charge is 0.508 e. The van der Waals surface area contributed by atoms with Gasteiger partial charge in [-0.2, -0.15) is 9.32 Å². The first kappa shape index (κ1) is 14.0. The number of phenolic OH excluding ortho intramolecular Hbond substituents is 2. The average molecular weight is 294 g/mol. The first-order chi connectivity index (χ1) is 9.54. The number of azo groups is 1. The van der Waals surface area contributed by atoms with Crippen LogP contribution in [0.25, 0.3) is 0 Å². The molecule has 8 heteroatoms.